The van der Waals surface area contributed by atoms with Crippen LogP contribution in [0.25, 0.3) is 11.2 Å². The number of hydrogen-bond acceptors (Lipinski definition) is 6. The van der Waals surface area contributed by atoms with E-state index in [1.54, 1.807) is 7.05 Å². The Morgan fingerprint density at radius 3 is 2.42 bits per heavy atom. The highest BCUT2D eigenvalue weighted by atomic mass is 16.5. The van der Waals surface area contributed by atoms with E-state index in [1.165, 1.54) is 20.3 Å². The molecule has 0 radical (unpaired) electrons. The Balaban J connectivity index is 1.62. The van der Waals surface area contributed by atoms with E-state index in [0.717, 1.165) is 31.3 Å². The number of benzene rings is 1. The van der Waals surface area contributed by atoms with Crippen molar-refractivity contribution in [3.05, 3.63) is 50.2 Å². The number of morpholine rings is 1. The largest absolute Gasteiger partial charge is 0.379 e. The van der Waals surface area contributed by atoms with Gasteiger partial charge in [0.1, 0.15) is 0 Å². The van der Waals surface area contributed by atoms with Crippen molar-refractivity contribution in [2.75, 3.05) is 44.3 Å². The van der Waals surface area contributed by atoms with Crippen molar-refractivity contribution in [1.29, 1.82) is 0 Å². The van der Waals surface area contributed by atoms with Crippen LogP contribution >= 0.6 is 0 Å². The number of imidazole rings is 1. The Kier molecular flexibility index (Phi) is 5.62. The second-order valence-electron chi connectivity index (χ2n) is 9.51. The first-order valence-electron chi connectivity index (χ1n) is 11.7. The van der Waals surface area contributed by atoms with E-state index in [9.17, 15) is 9.59 Å². The standard InChI is InChI=1S/C24H32N6O3/c1-16-11-17(2)13-19(12-16)29-14-18(3)15-30-20-21(25-23(29)30)26(4)24(32)28(22(20)31)6-5-27-7-9-33-10-8-27/h11-13,18H,5-10,14-15H2,1-4H3. The molecular weight excluding hydrogens is 420 g/mol. The number of hydrogen-bond donors (Lipinski definition) is 0. The zero-order valence-electron chi connectivity index (χ0n) is 19.9. The van der Waals surface area contributed by atoms with Crippen molar-refractivity contribution < 1.29 is 4.74 Å². The van der Waals surface area contributed by atoms with Crippen LogP contribution in [-0.2, 0) is 24.9 Å². The molecule has 2 aromatic heterocycles. The Morgan fingerprint density at radius 2 is 1.73 bits per heavy atom. The Hall–Kier alpha value is -2.91. The van der Waals surface area contributed by atoms with Crippen molar-refractivity contribution in [1.82, 2.24) is 23.6 Å². The topological polar surface area (TPSA) is 77.5 Å². The summed E-state index contributed by atoms with van der Waals surface area (Å²) in [6, 6.07) is 6.44. The summed E-state index contributed by atoms with van der Waals surface area (Å²) < 4.78 is 10.3. The van der Waals surface area contributed by atoms with Gasteiger partial charge in [-0.15, -0.1) is 0 Å². The number of nitrogens with zero attached hydrogens (tertiary/aromatic N) is 6. The molecule has 33 heavy (non-hydrogen) atoms. The number of ether oxygens (including phenoxy) is 1. The van der Waals surface area contributed by atoms with Gasteiger partial charge in [-0.25, -0.2) is 4.79 Å². The van der Waals surface area contributed by atoms with E-state index >= 15 is 0 Å². The highest BCUT2D eigenvalue weighted by Crippen LogP contribution is 2.33. The fourth-order valence-corrected chi connectivity index (χ4v) is 5.09. The Labute approximate surface area is 192 Å². The van der Waals surface area contributed by atoms with Gasteiger partial charge in [0.05, 0.1) is 13.2 Å². The Morgan fingerprint density at radius 1 is 1.03 bits per heavy atom. The molecule has 4 heterocycles. The minimum absolute atomic E-state index is 0.255. The van der Waals surface area contributed by atoms with Crippen LogP contribution in [0.3, 0.4) is 0 Å². The molecule has 9 heteroatoms. The average Bonchev–Trinajstić information content (AvgIpc) is 3.16. The maximum absolute atomic E-state index is 13.6. The molecule has 9 nitrogen and oxygen atoms in total. The molecule has 0 aliphatic carbocycles. The molecule has 3 aromatic rings. The fraction of sp³-hybridized carbons (Fsp3) is 0.542. The number of anilines is 2. The summed E-state index contributed by atoms with van der Waals surface area (Å²) in [7, 11) is 1.71. The molecule has 0 spiro atoms. The second-order valence-corrected chi connectivity index (χ2v) is 9.51. The van der Waals surface area contributed by atoms with Gasteiger partial charge in [0.15, 0.2) is 11.2 Å². The van der Waals surface area contributed by atoms with Crippen molar-refractivity contribution in [3.8, 4) is 0 Å². The summed E-state index contributed by atoms with van der Waals surface area (Å²) in [6.07, 6.45) is 0. The summed E-state index contributed by atoms with van der Waals surface area (Å²) in [5, 5.41) is 0. The van der Waals surface area contributed by atoms with Gasteiger partial charge >= 0.3 is 5.69 Å². The third-order valence-corrected chi connectivity index (χ3v) is 6.70. The number of aryl methyl sites for hydroxylation is 3. The molecule has 0 N–H and O–H groups in total. The lowest BCUT2D eigenvalue weighted by molar-refractivity contribution is 0.0361. The predicted octanol–water partition coefficient (Wildman–Crippen LogP) is 1.63. The lowest BCUT2D eigenvalue weighted by atomic mass is 10.1. The predicted molar refractivity (Wildman–Crippen MR) is 129 cm³/mol. The third-order valence-electron chi connectivity index (χ3n) is 6.70. The molecule has 0 bridgehead atoms. The molecule has 1 atom stereocenters. The molecule has 0 saturated carbocycles. The van der Waals surface area contributed by atoms with Crippen molar-refractivity contribution in [3.63, 3.8) is 0 Å². The van der Waals surface area contributed by atoms with Crippen LogP contribution in [-0.4, -0.2) is 63.0 Å². The number of aromatic nitrogens is 4. The smallest absolute Gasteiger partial charge is 0.332 e. The zero-order chi connectivity index (χ0) is 23.3. The maximum atomic E-state index is 13.6. The molecule has 5 rings (SSSR count). The minimum Gasteiger partial charge on any atom is -0.379 e. The SMILES string of the molecule is Cc1cc(C)cc(N2CC(C)Cn3c2nc2c3c(=O)n(CCN3CCOCC3)c(=O)n2C)c1. The molecule has 1 fully saturated rings. The summed E-state index contributed by atoms with van der Waals surface area (Å²) >= 11 is 0. The average molecular weight is 453 g/mol. The van der Waals surface area contributed by atoms with Crippen molar-refractivity contribution >= 4 is 22.8 Å². The number of fused-ring (bicyclic) bond motifs is 3. The van der Waals surface area contributed by atoms with E-state index in [0.29, 0.717) is 49.9 Å². The van der Waals surface area contributed by atoms with E-state index in [-0.39, 0.29) is 11.2 Å². The lowest BCUT2D eigenvalue weighted by Crippen LogP contribution is -2.44. The van der Waals surface area contributed by atoms with E-state index in [4.69, 9.17) is 9.72 Å². The van der Waals surface area contributed by atoms with Crippen molar-refractivity contribution in [2.45, 2.75) is 33.9 Å². The number of rotatable bonds is 4. The molecule has 176 valence electrons. The third kappa shape index (κ3) is 3.89. The van der Waals surface area contributed by atoms with Gasteiger partial charge in [-0.3, -0.25) is 18.8 Å². The van der Waals surface area contributed by atoms with E-state index in [2.05, 4.69) is 48.8 Å². The first-order chi connectivity index (χ1) is 15.8. The van der Waals surface area contributed by atoms with Crippen LogP contribution in [0, 0.1) is 19.8 Å². The molecule has 2 aliphatic heterocycles. The van der Waals surface area contributed by atoms with Gasteiger partial charge < -0.3 is 14.2 Å². The molecule has 1 unspecified atom stereocenters. The quantitative estimate of drug-likeness (QED) is 0.599. The molecule has 1 saturated heterocycles. The normalized spacial score (nSPS) is 19.3. The first kappa shape index (κ1) is 21.9. The van der Waals surface area contributed by atoms with Crippen LogP contribution in [0.2, 0.25) is 0 Å². The highest BCUT2D eigenvalue weighted by Gasteiger charge is 2.30. The zero-order valence-corrected chi connectivity index (χ0v) is 19.9. The maximum Gasteiger partial charge on any atom is 0.332 e. The monoisotopic (exact) mass is 452 g/mol. The summed E-state index contributed by atoms with van der Waals surface area (Å²) in [4.78, 5) is 35.9. The summed E-state index contributed by atoms with van der Waals surface area (Å²) in [6.45, 7) is 11.9. The fourth-order valence-electron chi connectivity index (χ4n) is 5.09. The van der Waals surface area contributed by atoms with Gasteiger partial charge in [-0.1, -0.05) is 13.0 Å². The highest BCUT2D eigenvalue weighted by molar-refractivity contribution is 5.77. The van der Waals surface area contributed by atoms with Gasteiger partial charge in [0.2, 0.25) is 5.95 Å². The molecule has 1 aromatic carbocycles. The van der Waals surface area contributed by atoms with E-state index < -0.39 is 0 Å². The summed E-state index contributed by atoms with van der Waals surface area (Å²) in [5.41, 5.74) is 3.82. The van der Waals surface area contributed by atoms with Crippen LogP contribution < -0.4 is 16.1 Å². The van der Waals surface area contributed by atoms with E-state index in [1.807, 2.05) is 4.57 Å². The van der Waals surface area contributed by atoms with Gasteiger partial charge in [0.25, 0.3) is 5.56 Å². The second kappa shape index (κ2) is 8.46. The lowest BCUT2D eigenvalue weighted by Gasteiger charge is -2.33. The first-order valence-corrected chi connectivity index (χ1v) is 11.7. The minimum atomic E-state index is -0.317. The van der Waals surface area contributed by atoms with Gasteiger partial charge in [-0.2, -0.15) is 4.98 Å². The molecular formula is C24H32N6O3. The molecule has 2 aliphatic rings. The van der Waals surface area contributed by atoms with Crippen molar-refractivity contribution in [2.24, 2.45) is 13.0 Å². The van der Waals surface area contributed by atoms with Gasteiger partial charge in [-0.05, 0) is 43.0 Å². The van der Waals surface area contributed by atoms with Crippen LogP contribution in [0.15, 0.2) is 27.8 Å². The Bertz CT molecular complexity index is 1290. The molecule has 0 amide bonds. The van der Waals surface area contributed by atoms with Crippen LogP contribution in [0.5, 0.6) is 0 Å². The summed E-state index contributed by atoms with van der Waals surface area (Å²) in [5.74, 6) is 1.06. The van der Waals surface area contributed by atoms with Crippen LogP contribution in [0.4, 0.5) is 11.6 Å². The van der Waals surface area contributed by atoms with Crippen LogP contribution in [0.1, 0.15) is 18.1 Å². The van der Waals surface area contributed by atoms with Gasteiger partial charge in [0, 0.05) is 52.0 Å².